The van der Waals surface area contributed by atoms with Crippen molar-refractivity contribution in [2.75, 3.05) is 13.2 Å². The highest BCUT2D eigenvalue weighted by Gasteiger charge is 2.43. The lowest BCUT2D eigenvalue weighted by molar-refractivity contribution is -0.138. The van der Waals surface area contributed by atoms with Crippen LogP contribution in [0.4, 0.5) is 0 Å². The molecular formula is C24H21Br2NO4. The number of ketones is 1. The summed E-state index contributed by atoms with van der Waals surface area (Å²) in [6, 6.07) is 11.3. The molecule has 7 heteroatoms. The molecule has 2 aromatic carbocycles. The highest BCUT2D eigenvalue weighted by Crippen LogP contribution is 2.48. The Morgan fingerprint density at radius 1 is 1.06 bits per heavy atom. The van der Waals surface area contributed by atoms with Gasteiger partial charge in [-0.15, -0.1) is 0 Å². The number of hydrogen-bond donors (Lipinski definition) is 1. The largest absolute Gasteiger partial charge is 0.492 e. The molecule has 0 spiro atoms. The SMILES string of the molecule is CCOC(=O)C1=C(C)NC2=C(C(=O)c3ccccc32)[C@H]1c1cc(Br)c(OCC)c(Br)c1. The molecule has 1 aliphatic carbocycles. The van der Waals surface area contributed by atoms with Crippen LogP contribution in [0, 0.1) is 0 Å². The van der Waals surface area contributed by atoms with Gasteiger partial charge in [-0.2, -0.15) is 0 Å². The van der Waals surface area contributed by atoms with Crippen molar-refractivity contribution >= 4 is 49.3 Å². The maximum Gasteiger partial charge on any atom is 0.336 e. The summed E-state index contributed by atoms with van der Waals surface area (Å²) in [6.45, 7) is 6.28. The van der Waals surface area contributed by atoms with Crippen molar-refractivity contribution in [1.29, 1.82) is 0 Å². The van der Waals surface area contributed by atoms with Gasteiger partial charge in [0.05, 0.1) is 33.4 Å². The molecule has 0 saturated carbocycles. The molecule has 2 aliphatic rings. The number of hydrogen-bond acceptors (Lipinski definition) is 5. The Balaban J connectivity index is 1.94. The number of esters is 1. The summed E-state index contributed by atoms with van der Waals surface area (Å²) in [7, 11) is 0. The van der Waals surface area contributed by atoms with Crippen molar-refractivity contribution in [2.45, 2.75) is 26.7 Å². The third kappa shape index (κ3) is 3.64. The molecule has 1 atom stereocenters. The number of rotatable bonds is 5. The lowest BCUT2D eigenvalue weighted by Gasteiger charge is -2.29. The number of halogens is 2. The quantitative estimate of drug-likeness (QED) is 0.484. The first-order valence-electron chi connectivity index (χ1n) is 10.0. The minimum absolute atomic E-state index is 0.0847. The number of fused-ring (bicyclic) bond motifs is 2. The standard InChI is InChI=1S/C24H21Br2NO4/c1-4-30-23-16(25)10-13(11-17(23)26)19-18(24(29)31-5-2)12(3)27-21-14-8-6-7-9-15(14)22(28)20(19)21/h6-11,19,27H,4-5H2,1-3H3/t19-/m0/s1. The number of Topliss-reactive ketones (excluding diaryl/α,β-unsaturated/α-hetero) is 1. The molecule has 1 N–H and O–H groups in total. The van der Waals surface area contributed by atoms with Crippen LogP contribution in [0.2, 0.25) is 0 Å². The predicted molar refractivity (Wildman–Crippen MR) is 126 cm³/mol. The lowest BCUT2D eigenvalue weighted by Crippen LogP contribution is -2.29. The van der Waals surface area contributed by atoms with Crippen LogP contribution in [0.15, 0.2) is 62.2 Å². The number of nitrogens with one attached hydrogen (secondary N) is 1. The fourth-order valence-corrected chi connectivity index (χ4v) is 5.62. The summed E-state index contributed by atoms with van der Waals surface area (Å²) in [5, 5.41) is 3.30. The molecule has 0 bridgehead atoms. The number of benzene rings is 2. The van der Waals surface area contributed by atoms with E-state index in [1.807, 2.05) is 50.2 Å². The van der Waals surface area contributed by atoms with Crippen molar-refractivity contribution in [3.05, 3.63) is 78.9 Å². The van der Waals surface area contributed by atoms with Gasteiger partial charge < -0.3 is 14.8 Å². The molecule has 160 valence electrons. The fraction of sp³-hybridized carbons (Fsp3) is 0.250. The Morgan fingerprint density at radius 3 is 2.32 bits per heavy atom. The first-order valence-corrected chi connectivity index (χ1v) is 11.6. The van der Waals surface area contributed by atoms with Crippen LogP contribution in [0.5, 0.6) is 5.75 Å². The Kier molecular flexibility index (Phi) is 6.08. The van der Waals surface area contributed by atoms with Crippen LogP contribution in [-0.4, -0.2) is 25.0 Å². The third-order valence-electron chi connectivity index (χ3n) is 5.39. The van der Waals surface area contributed by atoms with Crippen LogP contribution < -0.4 is 10.1 Å². The summed E-state index contributed by atoms with van der Waals surface area (Å²) in [6.07, 6.45) is 0. The van der Waals surface area contributed by atoms with E-state index in [4.69, 9.17) is 9.47 Å². The minimum Gasteiger partial charge on any atom is -0.492 e. The highest BCUT2D eigenvalue weighted by molar-refractivity contribution is 9.11. The molecule has 0 amide bonds. The maximum absolute atomic E-state index is 13.5. The number of carbonyl (C=O) groups excluding carboxylic acids is 2. The van der Waals surface area contributed by atoms with E-state index in [0.29, 0.717) is 34.8 Å². The predicted octanol–water partition coefficient (Wildman–Crippen LogP) is 5.74. The van der Waals surface area contributed by atoms with Gasteiger partial charge >= 0.3 is 5.97 Å². The Morgan fingerprint density at radius 2 is 1.71 bits per heavy atom. The molecule has 31 heavy (non-hydrogen) atoms. The van der Waals surface area contributed by atoms with Gasteiger partial charge in [0.25, 0.3) is 0 Å². The molecule has 2 aromatic rings. The van der Waals surface area contributed by atoms with Crippen molar-refractivity contribution in [3.8, 4) is 5.75 Å². The number of allylic oxidation sites excluding steroid dienone is 2. The molecule has 0 aromatic heterocycles. The molecular weight excluding hydrogens is 526 g/mol. The maximum atomic E-state index is 13.5. The summed E-state index contributed by atoms with van der Waals surface area (Å²) in [5.41, 5.74) is 4.68. The smallest absolute Gasteiger partial charge is 0.336 e. The minimum atomic E-state index is -0.571. The zero-order valence-corrected chi connectivity index (χ0v) is 20.5. The van der Waals surface area contributed by atoms with Gasteiger partial charge in [-0.05, 0) is 70.3 Å². The zero-order valence-electron chi connectivity index (χ0n) is 17.3. The number of dihydropyridines is 1. The monoisotopic (exact) mass is 545 g/mol. The van der Waals surface area contributed by atoms with Crippen LogP contribution in [0.3, 0.4) is 0 Å². The van der Waals surface area contributed by atoms with Crippen LogP contribution in [-0.2, 0) is 9.53 Å². The van der Waals surface area contributed by atoms with Gasteiger partial charge in [-0.1, -0.05) is 24.3 Å². The summed E-state index contributed by atoms with van der Waals surface area (Å²) in [5.74, 6) is -0.417. The second-order valence-corrected chi connectivity index (χ2v) is 8.94. The third-order valence-corrected chi connectivity index (χ3v) is 6.56. The van der Waals surface area contributed by atoms with E-state index in [2.05, 4.69) is 37.2 Å². The lowest BCUT2D eigenvalue weighted by atomic mass is 9.80. The van der Waals surface area contributed by atoms with E-state index in [9.17, 15) is 9.59 Å². The second-order valence-electron chi connectivity index (χ2n) is 7.23. The van der Waals surface area contributed by atoms with Crippen molar-refractivity contribution in [1.82, 2.24) is 5.32 Å². The Labute approximate surface area is 197 Å². The van der Waals surface area contributed by atoms with Gasteiger partial charge in [0.1, 0.15) is 5.75 Å². The van der Waals surface area contributed by atoms with Gasteiger partial charge in [0.2, 0.25) is 0 Å². The first kappa shape index (κ1) is 21.8. The van der Waals surface area contributed by atoms with Gasteiger partial charge in [-0.25, -0.2) is 4.79 Å². The topological polar surface area (TPSA) is 64.6 Å². The molecule has 0 unspecified atom stereocenters. The van der Waals surface area contributed by atoms with Crippen molar-refractivity contribution < 1.29 is 19.1 Å². The van der Waals surface area contributed by atoms with E-state index in [1.54, 1.807) is 6.92 Å². The molecule has 0 radical (unpaired) electrons. The van der Waals surface area contributed by atoms with E-state index < -0.39 is 11.9 Å². The van der Waals surface area contributed by atoms with Gasteiger partial charge in [0, 0.05) is 28.3 Å². The Hall–Kier alpha value is -2.38. The van der Waals surface area contributed by atoms with Crippen LogP contribution in [0.1, 0.15) is 48.2 Å². The first-order chi connectivity index (χ1) is 14.9. The number of ether oxygens (including phenoxy) is 2. The molecule has 0 fully saturated rings. The molecule has 0 saturated heterocycles. The van der Waals surface area contributed by atoms with E-state index in [1.165, 1.54) is 0 Å². The van der Waals surface area contributed by atoms with Crippen LogP contribution >= 0.6 is 31.9 Å². The molecule has 1 aliphatic heterocycles. The van der Waals surface area contributed by atoms with Gasteiger partial charge in [0.15, 0.2) is 5.78 Å². The normalized spacial score (nSPS) is 17.3. The number of carbonyl (C=O) groups is 2. The van der Waals surface area contributed by atoms with E-state index in [0.717, 1.165) is 25.8 Å². The molecule has 5 nitrogen and oxygen atoms in total. The fourth-order valence-electron chi connectivity index (χ4n) is 4.17. The zero-order chi connectivity index (χ0) is 22.3. The van der Waals surface area contributed by atoms with E-state index >= 15 is 0 Å². The molecule has 4 rings (SSSR count). The summed E-state index contributed by atoms with van der Waals surface area (Å²) < 4.78 is 12.6. The average molecular weight is 547 g/mol. The van der Waals surface area contributed by atoms with E-state index in [-0.39, 0.29) is 12.4 Å². The van der Waals surface area contributed by atoms with Crippen LogP contribution in [0.25, 0.3) is 5.70 Å². The van der Waals surface area contributed by atoms with Crippen molar-refractivity contribution in [3.63, 3.8) is 0 Å². The summed E-state index contributed by atoms with van der Waals surface area (Å²) in [4.78, 5) is 26.5. The molecule has 1 heterocycles. The summed E-state index contributed by atoms with van der Waals surface area (Å²) >= 11 is 7.16. The van der Waals surface area contributed by atoms with Crippen molar-refractivity contribution in [2.24, 2.45) is 0 Å². The van der Waals surface area contributed by atoms with Gasteiger partial charge in [-0.3, -0.25) is 4.79 Å². The second kappa shape index (κ2) is 8.63. The Bertz CT molecular complexity index is 1140. The average Bonchev–Trinajstić information content (AvgIpc) is 3.02. The highest BCUT2D eigenvalue weighted by atomic mass is 79.9.